The van der Waals surface area contributed by atoms with Gasteiger partial charge in [0.15, 0.2) is 11.2 Å². The molecule has 0 saturated carbocycles. The Balaban J connectivity index is 0.941. The molecule has 4 aromatic heterocycles. The average molecular weight is 884 g/mol. The van der Waals surface area contributed by atoms with Crippen molar-refractivity contribution in [3.05, 3.63) is 223 Å². The number of para-hydroxylation sites is 7. The summed E-state index contributed by atoms with van der Waals surface area (Å²) >= 11 is 0. The van der Waals surface area contributed by atoms with E-state index in [0.717, 1.165) is 78.0 Å². The summed E-state index contributed by atoms with van der Waals surface area (Å²) in [6.07, 6.45) is 0. The van der Waals surface area contributed by atoms with Crippen LogP contribution in [0.4, 0.5) is 34.1 Å². The normalized spacial score (nSPS) is 12.2. The van der Waals surface area contributed by atoms with Gasteiger partial charge in [0.25, 0.3) is 0 Å². The summed E-state index contributed by atoms with van der Waals surface area (Å²) in [5, 5.41) is 14.2. The number of fused-ring (bicyclic) bond motifs is 14. The van der Waals surface area contributed by atoms with E-state index in [1.54, 1.807) is 0 Å². The Kier molecular flexibility index (Phi) is 7.85. The van der Waals surface area contributed by atoms with Gasteiger partial charge in [0, 0.05) is 65.8 Å². The van der Waals surface area contributed by atoms with E-state index in [1.807, 2.05) is 12.1 Å². The zero-order valence-electron chi connectivity index (χ0n) is 37.9. The standard InChI is InChI=1S/C64H41N3O2/c1-38-14-3-7-22-54(38)65(56-24-12-20-50-46-16-5-9-26-60(46)68-63(50)56)44-30-28-40-34-52-48-18-11-19-49-53-35-41-29-31-45(33-43(41)37-59(53)67(62(48)49)58(52)36-42(40)32-44)66(55-23-8-4-15-39(55)2)57-25-13-21-51-47-17-6-10-27-61(47)69-64(51)57/h3-37H,1-2H3. The maximum atomic E-state index is 6.67. The third-order valence-corrected chi connectivity index (χ3v) is 14.7. The van der Waals surface area contributed by atoms with Gasteiger partial charge in [0.2, 0.25) is 0 Å². The van der Waals surface area contributed by atoms with Crippen LogP contribution in [0.1, 0.15) is 11.1 Å². The quantitative estimate of drug-likeness (QED) is 0.167. The zero-order valence-corrected chi connectivity index (χ0v) is 37.9. The van der Waals surface area contributed by atoms with Gasteiger partial charge in [-0.3, -0.25) is 0 Å². The molecule has 0 spiro atoms. The van der Waals surface area contributed by atoms with Crippen molar-refractivity contribution in [2.75, 3.05) is 9.80 Å². The molecule has 0 radical (unpaired) electrons. The minimum Gasteiger partial charge on any atom is -0.454 e. The van der Waals surface area contributed by atoms with Crippen LogP contribution in [0.15, 0.2) is 221 Å². The second-order valence-electron chi connectivity index (χ2n) is 18.6. The van der Waals surface area contributed by atoms with Crippen LogP contribution in [0, 0.1) is 13.8 Å². The van der Waals surface area contributed by atoms with Gasteiger partial charge in [0.1, 0.15) is 11.2 Å². The van der Waals surface area contributed by atoms with E-state index in [1.165, 1.54) is 70.8 Å². The van der Waals surface area contributed by atoms with Crippen LogP contribution in [0.2, 0.25) is 0 Å². The fraction of sp³-hybridized carbons (Fsp3) is 0.0312. The van der Waals surface area contributed by atoms with Gasteiger partial charge < -0.3 is 23.0 Å². The van der Waals surface area contributed by atoms with Crippen molar-refractivity contribution in [2.24, 2.45) is 0 Å². The van der Waals surface area contributed by atoms with Gasteiger partial charge in [0.05, 0.1) is 27.9 Å². The van der Waals surface area contributed by atoms with Crippen molar-refractivity contribution in [3.8, 4) is 0 Å². The first-order chi connectivity index (χ1) is 34.0. The molecular formula is C64H41N3O2. The molecule has 0 bridgehead atoms. The van der Waals surface area contributed by atoms with Crippen LogP contribution in [0.5, 0.6) is 0 Å². The molecule has 5 heteroatoms. The summed E-state index contributed by atoms with van der Waals surface area (Å²) in [6.45, 7) is 4.37. The number of hydrogen-bond donors (Lipinski definition) is 0. The number of aryl methyl sites for hydroxylation is 2. The van der Waals surface area contributed by atoms with Gasteiger partial charge in [-0.05, 0) is 131 Å². The van der Waals surface area contributed by atoms with Crippen LogP contribution >= 0.6 is 0 Å². The average Bonchev–Trinajstić information content (AvgIpc) is 4.14. The molecule has 0 amide bonds. The van der Waals surface area contributed by atoms with Crippen LogP contribution < -0.4 is 9.80 Å². The van der Waals surface area contributed by atoms with Crippen molar-refractivity contribution < 1.29 is 8.83 Å². The van der Waals surface area contributed by atoms with E-state index < -0.39 is 0 Å². The molecule has 0 atom stereocenters. The Labute approximate surface area is 396 Å². The van der Waals surface area contributed by atoms with Gasteiger partial charge in [-0.15, -0.1) is 0 Å². The lowest BCUT2D eigenvalue weighted by Crippen LogP contribution is -2.11. The predicted octanol–water partition coefficient (Wildman–Crippen LogP) is 18.5. The van der Waals surface area contributed by atoms with Gasteiger partial charge in [-0.1, -0.05) is 127 Å². The zero-order chi connectivity index (χ0) is 45.5. The lowest BCUT2D eigenvalue weighted by Gasteiger charge is -2.27. The predicted molar refractivity (Wildman–Crippen MR) is 290 cm³/mol. The maximum Gasteiger partial charge on any atom is 0.159 e. The van der Waals surface area contributed by atoms with Crippen molar-refractivity contribution in [1.29, 1.82) is 0 Å². The first kappa shape index (κ1) is 38.1. The Morgan fingerprint density at radius 3 is 1.22 bits per heavy atom. The number of nitrogens with zero attached hydrogens (tertiary/aromatic N) is 3. The molecule has 0 aliphatic carbocycles. The third-order valence-electron chi connectivity index (χ3n) is 14.7. The molecule has 0 aliphatic rings. The maximum absolute atomic E-state index is 6.67. The Morgan fingerprint density at radius 1 is 0.319 bits per heavy atom. The van der Waals surface area contributed by atoms with Gasteiger partial charge in [-0.2, -0.15) is 0 Å². The topological polar surface area (TPSA) is 37.2 Å². The van der Waals surface area contributed by atoms with Crippen molar-refractivity contribution >= 4 is 138 Å². The Hall–Kier alpha value is -9.06. The fourth-order valence-electron chi connectivity index (χ4n) is 11.5. The monoisotopic (exact) mass is 883 g/mol. The largest absolute Gasteiger partial charge is 0.454 e. The van der Waals surface area contributed by atoms with Crippen molar-refractivity contribution in [1.82, 2.24) is 4.40 Å². The molecule has 0 fully saturated rings. The summed E-state index contributed by atoms with van der Waals surface area (Å²) in [6, 6.07) is 77.0. The van der Waals surface area contributed by atoms with E-state index >= 15 is 0 Å². The molecular weight excluding hydrogens is 843 g/mol. The highest BCUT2D eigenvalue weighted by Crippen LogP contribution is 2.48. The minimum absolute atomic E-state index is 0.872. The van der Waals surface area contributed by atoms with Crippen LogP contribution in [0.25, 0.3) is 104 Å². The van der Waals surface area contributed by atoms with E-state index in [-0.39, 0.29) is 0 Å². The van der Waals surface area contributed by atoms with Crippen LogP contribution in [0.3, 0.4) is 0 Å². The highest BCUT2D eigenvalue weighted by atomic mass is 16.3. The summed E-state index contributed by atoms with van der Waals surface area (Å²) in [5.74, 6) is 0. The molecule has 15 rings (SSSR count). The van der Waals surface area contributed by atoms with Crippen molar-refractivity contribution in [3.63, 3.8) is 0 Å². The fourth-order valence-corrected chi connectivity index (χ4v) is 11.5. The van der Waals surface area contributed by atoms with E-state index in [9.17, 15) is 0 Å². The highest BCUT2D eigenvalue weighted by Gasteiger charge is 2.24. The summed E-state index contributed by atoms with van der Waals surface area (Å²) in [5.41, 5.74) is 15.9. The van der Waals surface area contributed by atoms with Gasteiger partial charge in [-0.25, -0.2) is 0 Å². The molecule has 5 nitrogen and oxygen atoms in total. The molecule has 15 aromatic rings. The second kappa shape index (κ2) is 14.2. The Morgan fingerprint density at radius 2 is 0.725 bits per heavy atom. The lowest BCUT2D eigenvalue weighted by molar-refractivity contribution is 0.668. The molecule has 0 saturated heterocycles. The number of furan rings is 2. The first-order valence-corrected chi connectivity index (χ1v) is 23.7. The molecule has 0 unspecified atom stereocenters. The highest BCUT2D eigenvalue weighted by molar-refractivity contribution is 6.26. The van der Waals surface area contributed by atoms with Gasteiger partial charge >= 0.3 is 0 Å². The van der Waals surface area contributed by atoms with E-state index in [0.29, 0.717) is 0 Å². The SMILES string of the molecule is Cc1ccccc1N(c1ccc2cc3c4cccc5c6cc7ccc(N(c8ccccc8C)c8cccc9c8oc8ccccc89)cc7cc6n(c3cc2c1)c45)c1cccc2c1oc1ccccc12. The minimum atomic E-state index is 0.872. The number of anilines is 6. The molecule has 11 aromatic carbocycles. The lowest BCUT2D eigenvalue weighted by atomic mass is 10.0. The summed E-state index contributed by atoms with van der Waals surface area (Å²) in [4.78, 5) is 4.73. The smallest absolute Gasteiger partial charge is 0.159 e. The molecule has 0 aliphatic heterocycles. The molecule has 4 heterocycles. The molecule has 324 valence electrons. The molecule has 0 N–H and O–H groups in total. The number of hydrogen-bond acceptors (Lipinski definition) is 4. The summed E-state index contributed by atoms with van der Waals surface area (Å²) in [7, 11) is 0. The first-order valence-electron chi connectivity index (χ1n) is 23.7. The van der Waals surface area contributed by atoms with Crippen LogP contribution in [-0.4, -0.2) is 4.40 Å². The second-order valence-corrected chi connectivity index (χ2v) is 18.6. The molecule has 69 heavy (non-hydrogen) atoms. The van der Waals surface area contributed by atoms with Crippen molar-refractivity contribution in [2.45, 2.75) is 13.8 Å². The number of aromatic nitrogens is 1. The van der Waals surface area contributed by atoms with E-state index in [4.69, 9.17) is 8.83 Å². The van der Waals surface area contributed by atoms with Crippen LogP contribution in [-0.2, 0) is 0 Å². The van der Waals surface area contributed by atoms with E-state index in [2.05, 4.69) is 228 Å². The Bertz CT molecular complexity index is 4320. The third kappa shape index (κ3) is 5.47. The summed E-state index contributed by atoms with van der Waals surface area (Å²) < 4.78 is 15.9. The number of benzene rings is 11. The number of rotatable bonds is 6.